The van der Waals surface area contributed by atoms with Crippen molar-refractivity contribution in [3.63, 3.8) is 0 Å². The maximum atomic E-state index is 12.8. The summed E-state index contributed by atoms with van der Waals surface area (Å²) in [5.74, 6) is -1.14. The summed E-state index contributed by atoms with van der Waals surface area (Å²) in [4.78, 5) is 35.3. The van der Waals surface area contributed by atoms with E-state index in [9.17, 15) is 14.7 Å². The molecule has 1 aliphatic heterocycles. The minimum Gasteiger partial charge on any atom is -0.503 e. The Bertz CT molecular complexity index is 832. The van der Waals surface area contributed by atoms with Gasteiger partial charge in [-0.05, 0) is 29.7 Å². The molecule has 0 saturated carbocycles. The van der Waals surface area contributed by atoms with Gasteiger partial charge in [-0.1, -0.05) is 26.0 Å². The van der Waals surface area contributed by atoms with Gasteiger partial charge >= 0.3 is 0 Å². The number of ketones is 1. The Morgan fingerprint density at radius 1 is 1.23 bits per heavy atom. The Kier molecular flexibility index (Phi) is 5.11. The van der Waals surface area contributed by atoms with Crippen LogP contribution in [0.1, 0.15) is 37.6 Å². The van der Waals surface area contributed by atoms with E-state index < -0.39 is 17.7 Å². The van der Waals surface area contributed by atoms with Crippen molar-refractivity contribution in [2.24, 2.45) is 5.92 Å². The van der Waals surface area contributed by atoms with Gasteiger partial charge in [0.15, 0.2) is 11.5 Å². The molecular formula is C20H21N3O3. The van der Waals surface area contributed by atoms with Crippen LogP contribution in [-0.2, 0) is 16.1 Å². The molecule has 1 N–H and O–H groups in total. The molecule has 0 aromatic carbocycles. The molecule has 1 atom stereocenters. The first kappa shape index (κ1) is 17.8. The van der Waals surface area contributed by atoms with Gasteiger partial charge in [-0.3, -0.25) is 19.6 Å². The van der Waals surface area contributed by atoms with Gasteiger partial charge in [-0.25, -0.2) is 0 Å². The van der Waals surface area contributed by atoms with Gasteiger partial charge in [0.05, 0.1) is 11.3 Å². The van der Waals surface area contributed by atoms with Crippen LogP contribution in [0.25, 0.3) is 0 Å². The number of aromatic nitrogens is 2. The second-order valence-corrected chi connectivity index (χ2v) is 6.73. The van der Waals surface area contributed by atoms with Gasteiger partial charge in [0.25, 0.3) is 5.91 Å². The molecule has 6 heteroatoms. The zero-order valence-electron chi connectivity index (χ0n) is 14.8. The van der Waals surface area contributed by atoms with E-state index in [0.717, 1.165) is 5.56 Å². The predicted molar refractivity (Wildman–Crippen MR) is 95.9 cm³/mol. The lowest BCUT2D eigenvalue weighted by Crippen LogP contribution is -2.31. The molecular weight excluding hydrogens is 330 g/mol. The van der Waals surface area contributed by atoms with Crippen LogP contribution in [0.2, 0.25) is 0 Å². The van der Waals surface area contributed by atoms with Crippen LogP contribution in [-0.4, -0.2) is 31.7 Å². The summed E-state index contributed by atoms with van der Waals surface area (Å²) < 4.78 is 0. The van der Waals surface area contributed by atoms with Gasteiger partial charge in [0.1, 0.15) is 6.04 Å². The number of pyridine rings is 2. The summed E-state index contributed by atoms with van der Waals surface area (Å²) >= 11 is 0. The Balaban J connectivity index is 2.02. The number of carbonyl (C=O) groups is 2. The van der Waals surface area contributed by atoms with Crippen LogP contribution < -0.4 is 0 Å². The lowest BCUT2D eigenvalue weighted by atomic mass is 9.94. The van der Waals surface area contributed by atoms with Crippen LogP contribution >= 0.6 is 0 Å². The number of carbonyl (C=O) groups excluding carboxylic acids is 2. The van der Waals surface area contributed by atoms with E-state index in [2.05, 4.69) is 9.97 Å². The van der Waals surface area contributed by atoms with Crippen LogP contribution in [0.5, 0.6) is 0 Å². The van der Waals surface area contributed by atoms with Crippen molar-refractivity contribution in [2.75, 3.05) is 0 Å². The van der Waals surface area contributed by atoms with E-state index in [1.165, 1.54) is 4.90 Å². The van der Waals surface area contributed by atoms with Crippen LogP contribution in [0.4, 0.5) is 0 Å². The molecule has 0 aliphatic carbocycles. The summed E-state index contributed by atoms with van der Waals surface area (Å²) in [7, 11) is 0. The highest BCUT2D eigenvalue weighted by Gasteiger charge is 2.43. The van der Waals surface area contributed by atoms with Crippen LogP contribution in [0.3, 0.4) is 0 Å². The molecule has 134 valence electrons. The summed E-state index contributed by atoms with van der Waals surface area (Å²) in [6, 6.07) is 8.26. The normalized spacial score (nSPS) is 17.3. The Morgan fingerprint density at radius 2 is 2.04 bits per heavy atom. The van der Waals surface area contributed by atoms with Crippen molar-refractivity contribution < 1.29 is 14.7 Å². The molecule has 1 aliphatic rings. The fourth-order valence-electron chi connectivity index (χ4n) is 3.12. The summed E-state index contributed by atoms with van der Waals surface area (Å²) in [6.45, 7) is 4.08. The molecule has 26 heavy (non-hydrogen) atoms. The van der Waals surface area contributed by atoms with Crippen LogP contribution in [0.15, 0.2) is 60.3 Å². The maximum Gasteiger partial charge on any atom is 0.290 e. The van der Waals surface area contributed by atoms with E-state index in [1.54, 1.807) is 42.9 Å². The number of hydrogen-bond acceptors (Lipinski definition) is 5. The Morgan fingerprint density at radius 3 is 2.65 bits per heavy atom. The van der Waals surface area contributed by atoms with E-state index >= 15 is 0 Å². The van der Waals surface area contributed by atoms with Gasteiger partial charge in [-0.2, -0.15) is 0 Å². The van der Waals surface area contributed by atoms with E-state index in [4.69, 9.17) is 0 Å². The van der Waals surface area contributed by atoms with E-state index in [1.807, 2.05) is 19.9 Å². The molecule has 1 unspecified atom stereocenters. The van der Waals surface area contributed by atoms with Gasteiger partial charge in [-0.15, -0.1) is 0 Å². The highest BCUT2D eigenvalue weighted by atomic mass is 16.3. The van der Waals surface area contributed by atoms with Crippen molar-refractivity contribution >= 4 is 11.7 Å². The average Bonchev–Trinajstić information content (AvgIpc) is 2.88. The molecule has 0 bridgehead atoms. The molecule has 0 spiro atoms. The SMILES string of the molecule is CC(C)CC(=O)C1=C(O)C(=O)N(Cc2cccnc2)C1c1ccccn1. The first-order valence-electron chi connectivity index (χ1n) is 8.56. The fraction of sp³-hybridized carbons (Fsp3) is 0.300. The maximum absolute atomic E-state index is 12.8. The lowest BCUT2D eigenvalue weighted by Gasteiger charge is -2.26. The zero-order valence-corrected chi connectivity index (χ0v) is 14.8. The third-order valence-electron chi connectivity index (χ3n) is 4.24. The van der Waals surface area contributed by atoms with Crippen molar-refractivity contribution in [2.45, 2.75) is 32.9 Å². The van der Waals surface area contributed by atoms with Crippen LogP contribution in [0, 0.1) is 5.92 Å². The Hall–Kier alpha value is -3.02. The number of nitrogens with zero attached hydrogens (tertiary/aromatic N) is 3. The number of amides is 1. The molecule has 3 heterocycles. The molecule has 1 amide bonds. The molecule has 6 nitrogen and oxygen atoms in total. The fourth-order valence-corrected chi connectivity index (χ4v) is 3.12. The topological polar surface area (TPSA) is 83.4 Å². The first-order chi connectivity index (χ1) is 12.5. The monoisotopic (exact) mass is 351 g/mol. The smallest absolute Gasteiger partial charge is 0.290 e. The van der Waals surface area contributed by atoms with Crippen molar-refractivity contribution in [3.05, 3.63) is 71.5 Å². The number of aliphatic hydroxyl groups excluding tert-OH is 1. The largest absolute Gasteiger partial charge is 0.503 e. The third kappa shape index (κ3) is 3.49. The molecule has 3 rings (SSSR count). The van der Waals surface area contributed by atoms with Gasteiger partial charge in [0, 0.05) is 31.6 Å². The highest BCUT2D eigenvalue weighted by Crippen LogP contribution is 2.38. The predicted octanol–water partition coefficient (Wildman–Crippen LogP) is 2.99. The lowest BCUT2D eigenvalue weighted by molar-refractivity contribution is -0.130. The third-order valence-corrected chi connectivity index (χ3v) is 4.24. The van der Waals surface area contributed by atoms with Crippen molar-refractivity contribution in [3.8, 4) is 0 Å². The number of hydrogen-bond donors (Lipinski definition) is 1. The average molecular weight is 351 g/mol. The first-order valence-corrected chi connectivity index (χ1v) is 8.56. The molecule has 0 fully saturated rings. The quantitative estimate of drug-likeness (QED) is 0.865. The van der Waals surface area contributed by atoms with Gasteiger partial charge in [0.2, 0.25) is 0 Å². The van der Waals surface area contributed by atoms with Gasteiger partial charge < -0.3 is 10.0 Å². The minimum atomic E-state index is -0.699. The molecule has 0 saturated heterocycles. The number of aliphatic hydroxyl groups is 1. The second kappa shape index (κ2) is 7.47. The Labute approximate surface area is 152 Å². The summed E-state index contributed by atoms with van der Waals surface area (Å²) in [5, 5.41) is 10.4. The standard InChI is InChI=1S/C20H21N3O3/c1-13(2)10-16(24)17-18(15-7-3-4-9-22-15)23(20(26)19(17)25)12-14-6-5-8-21-11-14/h3-9,11,13,18,25H,10,12H2,1-2H3. The summed E-state index contributed by atoms with van der Waals surface area (Å²) in [5.41, 5.74) is 1.50. The zero-order chi connectivity index (χ0) is 18.7. The van der Waals surface area contributed by atoms with Crippen molar-refractivity contribution in [1.29, 1.82) is 0 Å². The molecule has 2 aromatic rings. The second-order valence-electron chi connectivity index (χ2n) is 6.73. The van der Waals surface area contributed by atoms with Crippen molar-refractivity contribution in [1.82, 2.24) is 14.9 Å². The minimum absolute atomic E-state index is 0.120. The highest BCUT2D eigenvalue weighted by molar-refractivity contribution is 6.08. The summed E-state index contributed by atoms with van der Waals surface area (Å²) in [6.07, 6.45) is 5.19. The van der Waals surface area contributed by atoms with E-state index in [-0.39, 0.29) is 30.2 Å². The van der Waals surface area contributed by atoms with E-state index in [0.29, 0.717) is 5.69 Å². The number of Topliss-reactive ketones (excluding diaryl/α,β-unsaturated/α-hetero) is 1. The number of rotatable bonds is 6. The molecule has 0 radical (unpaired) electrons. The molecule has 2 aromatic heterocycles.